The zero-order valence-corrected chi connectivity index (χ0v) is 23.9. The van der Waals surface area contributed by atoms with Crippen molar-refractivity contribution in [2.24, 2.45) is 11.8 Å². The van der Waals surface area contributed by atoms with Crippen molar-refractivity contribution in [1.29, 1.82) is 0 Å². The molecule has 0 saturated carbocycles. The van der Waals surface area contributed by atoms with E-state index >= 15 is 0 Å². The highest BCUT2D eigenvalue weighted by molar-refractivity contribution is 5.93. The van der Waals surface area contributed by atoms with E-state index in [1.165, 1.54) is 26.6 Å². The Morgan fingerprint density at radius 2 is 1.37 bits per heavy atom. The van der Waals surface area contributed by atoms with Crippen LogP contribution in [0.1, 0.15) is 61.3 Å². The Morgan fingerprint density at radius 3 is 1.74 bits per heavy atom. The molecule has 0 saturated heterocycles. The lowest BCUT2D eigenvalue weighted by atomic mass is 9.97. The topological polar surface area (TPSA) is 110 Å². The molecule has 3 unspecified atom stereocenters. The van der Waals surface area contributed by atoms with Crippen molar-refractivity contribution in [3.63, 3.8) is 0 Å². The number of hydrogen-bond acceptors (Lipinski definition) is 5. The van der Waals surface area contributed by atoms with Gasteiger partial charge in [0.2, 0.25) is 30.0 Å². The zero-order valence-electron chi connectivity index (χ0n) is 23.9. The molecule has 0 spiro atoms. The average molecular weight is 500 g/mol. The van der Waals surface area contributed by atoms with Crippen molar-refractivity contribution < 1.29 is 24.0 Å². The van der Waals surface area contributed by atoms with Gasteiger partial charge < -0.3 is 24.9 Å². The van der Waals surface area contributed by atoms with Crippen LogP contribution in [0.25, 0.3) is 0 Å². The van der Waals surface area contributed by atoms with E-state index in [2.05, 4.69) is 5.32 Å². The van der Waals surface area contributed by atoms with Gasteiger partial charge in [0, 0.05) is 35.2 Å². The molecule has 0 aromatic rings. The van der Waals surface area contributed by atoms with Crippen molar-refractivity contribution >= 4 is 30.0 Å². The molecule has 10 nitrogen and oxygen atoms in total. The van der Waals surface area contributed by atoms with Gasteiger partial charge in [-0.15, -0.1) is 0 Å². The molecule has 1 N–H and O–H groups in total. The van der Waals surface area contributed by atoms with Gasteiger partial charge in [0.05, 0.1) is 6.54 Å². The summed E-state index contributed by atoms with van der Waals surface area (Å²) in [4.78, 5) is 67.8. The van der Waals surface area contributed by atoms with Gasteiger partial charge in [-0.3, -0.25) is 24.0 Å². The van der Waals surface area contributed by atoms with Gasteiger partial charge in [-0.25, -0.2) is 0 Å². The van der Waals surface area contributed by atoms with E-state index in [1.807, 2.05) is 41.5 Å². The molecule has 0 aromatic heterocycles. The van der Waals surface area contributed by atoms with E-state index < -0.39 is 24.0 Å². The van der Waals surface area contributed by atoms with Crippen molar-refractivity contribution in [3.05, 3.63) is 0 Å². The highest BCUT2D eigenvalue weighted by Crippen LogP contribution is 2.18. The molecule has 5 amide bonds. The summed E-state index contributed by atoms with van der Waals surface area (Å²) in [6, 6.07) is -2.16. The predicted molar refractivity (Wildman–Crippen MR) is 138 cm³/mol. The molecule has 10 heteroatoms. The minimum Gasteiger partial charge on any atom is -0.347 e. The first kappa shape index (κ1) is 34.5. The number of nitrogens with one attached hydrogen (secondary N) is 1. The van der Waals surface area contributed by atoms with Crippen LogP contribution in [0.3, 0.4) is 0 Å². The number of carbonyl (C=O) groups is 5. The summed E-state index contributed by atoms with van der Waals surface area (Å²) in [6.45, 7) is 13.1. The van der Waals surface area contributed by atoms with E-state index in [0.29, 0.717) is 19.3 Å². The summed E-state index contributed by atoms with van der Waals surface area (Å²) in [7, 11) is 7.82. The van der Waals surface area contributed by atoms with Crippen LogP contribution in [0.15, 0.2) is 0 Å². The fourth-order valence-corrected chi connectivity index (χ4v) is 3.64. The Balaban J connectivity index is 0. The van der Waals surface area contributed by atoms with Gasteiger partial charge in [0.15, 0.2) is 0 Å². The zero-order chi connectivity index (χ0) is 28.0. The molecule has 0 aromatic carbocycles. The third kappa shape index (κ3) is 11.1. The minimum absolute atomic E-state index is 0.172. The second-order valence-corrected chi connectivity index (χ2v) is 9.51. The molecule has 204 valence electrons. The second-order valence-electron chi connectivity index (χ2n) is 9.51. The standard InChI is InChI=1S/C23H43N5O5.C2H6/c1-11-17(21(31)25(6)7)24-19(30)13-26(8)23(33)20(16(4)5)28(10)22(32)18(12-15(2)3)27(9)14-29;1-2/h14-18,20H,11-13H2,1-10H3,(H,24,30);1-2H3. The number of carbonyl (C=O) groups excluding carboxylic acids is 5. The van der Waals surface area contributed by atoms with E-state index in [0.717, 1.165) is 0 Å². The molecule has 0 fully saturated rings. The van der Waals surface area contributed by atoms with Gasteiger partial charge in [0.25, 0.3) is 0 Å². The van der Waals surface area contributed by atoms with Gasteiger partial charge in [0.1, 0.15) is 18.1 Å². The third-order valence-corrected chi connectivity index (χ3v) is 5.53. The van der Waals surface area contributed by atoms with Gasteiger partial charge >= 0.3 is 0 Å². The van der Waals surface area contributed by atoms with E-state index in [-0.39, 0.29) is 36.1 Å². The molecule has 0 radical (unpaired) electrons. The summed E-state index contributed by atoms with van der Waals surface area (Å²) in [6.07, 6.45) is 1.50. The predicted octanol–water partition coefficient (Wildman–Crippen LogP) is 1.44. The summed E-state index contributed by atoms with van der Waals surface area (Å²) in [5.41, 5.74) is 0. The van der Waals surface area contributed by atoms with Gasteiger partial charge in [-0.1, -0.05) is 48.5 Å². The molecule has 35 heavy (non-hydrogen) atoms. The monoisotopic (exact) mass is 499 g/mol. The number of likely N-dealkylation sites (N-methyl/N-ethyl adjacent to an activating group) is 4. The Labute approximate surface area is 212 Å². The number of hydrogen-bond donors (Lipinski definition) is 1. The molecule has 0 rings (SSSR count). The molecule has 0 bridgehead atoms. The van der Waals surface area contributed by atoms with Crippen LogP contribution in [0.5, 0.6) is 0 Å². The first-order valence-corrected chi connectivity index (χ1v) is 12.4. The van der Waals surface area contributed by atoms with Gasteiger partial charge in [-0.2, -0.15) is 0 Å². The first-order chi connectivity index (χ1) is 16.2. The lowest BCUT2D eigenvalue weighted by Crippen LogP contribution is -2.57. The number of amides is 5. The van der Waals surface area contributed by atoms with Crippen LogP contribution in [-0.4, -0.2) is 110 Å². The largest absolute Gasteiger partial charge is 0.347 e. The van der Waals surface area contributed by atoms with Crippen LogP contribution in [0.4, 0.5) is 0 Å². The van der Waals surface area contributed by atoms with E-state index in [1.54, 1.807) is 35.1 Å². The van der Waals surface area contributed by atoms with Crippen LogP contribution in [0, 0.1) is 11.8 Å². The second kappa shape index (κ2) is 16.9. The maximum Gasteiger partial charge on any atom is 0.245 e. The SMILES string of the molecule is CC.CCC(NC(=O)CN(C)C(=O)C(C(C)C)N(C)C(=O)C(CC(C)C)N(C)C=O)C(=O)N(C)C. The van der Waals surface area contributed by atoms with Crippen molar-refractivity contribution in [2.75, 3.05) is 41.8 Å². The Morgan fingerprint density at radius 1 is 0.857 bits per heavy atom. The van der Waals surface area contributed by atoms with Crippen LogP contribution >= 0.6 is 0 Å². The lowest BCUT2D eigenvalue weighted by Gasteiger charge is -2.37. The van der Waals surface area contributed by atoms with Crippen LogP contribution in [-0.2, 0) is 24.0 Å². The minimum atomic E-state index is -0.810. The summed E-state index contributed by atoms with van der Waals surface area (Å²) < 4.78 is 0. The smallest absolute Gasteiger partial charge is 0.245 e. The van der Waals surface area contributed by atoms with Crippen LogP contribution < -0.4 is 5.32 Å². The Hall–Kier alpha value is -2.65. The van der Waals surface area contributed by atoms with Crippen molar-refractivity contribution in [1.82, 2.24) is 24.9 Å². The Kier molecular flexibility index (Phi) is 16.7. The normalized spacial score (nSPS) is 13.1. The fraction of sp³-hybridized carbons (Fsp3) is 0.800. The summed E-state index contributed by atoms with van der Waals surface area (Å²) in [5.74, 6) is -1.45. The van der Waals surface area contributed by atoms with Crippen LogP contribution in [0.2, 0.25) is 0 Å². The molecule has 0 heterocycles. The number of nitrogens with zero attached hydrogens (tertiary/aromatic N) is 4. The lowest BCUT2D eigenvalue weighted by molar-refractivity contribution is -0.150. The highest BCUT2D eigenvalue weighted by Gasteiger charge is 2.36. The third-order valence-electron chi connectivity index (χ3n) is 5.53. The molecule has 0 aliphatic rings. The number of rotatable bonds is 13. The molecule has 0 aliphatic carbocycles. The molecule has 3 atom stereocenters. The van der Waals surface area contributed by atoms with Crippen molar-refractivity contribution in [3.8, 4) is 0 Å². The summed E-state index contributed by atoms with van der Waals surface area (Å²) in [5, 5.41) is 2.67. The maximum absolute atomic E-state index is 13.2. The molecular weight excluding hydrogens is 450 g/mol. The van der Waals surface area contributed by atoms with E-state index in [9.17, 15) is 24.0 Å². The maximum atomic E-state index is 13.2. The summed E-state index contributed by atoms with van der Waals surface area (Å²) >= 11 is 0. The highest BCUT2D eigenvalue weighted by atomic mass is 16.2. The quantitative estimate of drug-likeness (QED) is 0.386. The first-order valence-electron chi connectivity index (χ1n) is 12.4. The molecular formula is C25H49N5O5. The van der Waals surface area contributed by atoms with Gasteiger partial charge in [-0.05, 0) is 24.7 Å². The van der Waals surface area contributed by atoms with E-state index in [4.69, 9.17) is 0 Å². The fourth-order valence-electron chi connectivity index (χ4n) is 3.64. The van der Waals surface area contributed by atoms with Crippen molar-refractivity contribution in [2.45, 2.75) is 79.4 Å². The average Bonchev–Trinajstić information content (AvgIpc) is 2.80. The Bertz CT molecular complexity index is 696. The molecule has 0 aliphatic heterocycles.